The fraction of sp³-hybridized carbons (Fsp3) is 0.517. The predicted octanol–water partition coefficient (Wildman–Crippen LogP) is 6.14. The van der Waals surface area contributed by atoms with Gasteiger partial charge in [0.15, 0.2) is 0 Å². The second kappa shape index (κ2) is 11.4. The smallest absolute Gasteiger partial charge is 0.395 e. The molecule has 0 amide bonds. The molecule has 1 spiro atoms. The fourth-order valence-electron chi connectivity index (χ4n) is 5.69. The summed E-state index contributed by atoms with van der Waals surface area (Å²) in [6.45, 7) is 8.29. The molecule has 3 aliphatic rings. The lowest BCUT2D eigenvalue weighted by molar-refractivity contribution is -0.137. The molecular formula is C29H34F3N5O2S2. The van der Waals surface area contributed by atoms with Crippen molar-refractivity contribution in [1.29, 1.82) is 0 Å². The summed E-state index contributed by atoms with van der Waals surface area (Å²) >= 11 is 2.99. The standard InChI is InChI=1S/C29H34F3N5O2S2/c1-3-19-14-20(37-9-8-36(10-11-38)18(2)17-37)4-5-22(19)34-27-33-16-21(29(30,31)32)25(35-27)23-15-24-26(41-23)28(6-7-28)39-12-13-40-24/h4-5,14-16,18,38H,3,6-13,17H2,1-2H3,(H,33,34,35). The van der Waals surface area contributed by atoms with Crippen LogP contribution in [-0.2, 0) is 22.9 Å². The number of benzene rings is 1. The average molecular weight is 606 g/mol. The van der Waals surface area contributed by atoms with Crippen molar-refractivity contribution in [2.45, 2.75) is 55.8 Å². The number of β-amino-alcohol motifs (C(OH)–C–C–N with tert-alkyl or cyclic N) is 1. The maximum Gasteiger partial charge on any atom is 0.420 e. The molecule has 2 aliphatic heterocycles. The number of hydrogen-bond acceptors (Lipinski definition) is 9. The summed E-state index contributed by atoms with van der Waals surface area (Å²) in [7, 11) is 0. The van der Waals surface area contributed by atoms with E-state index in [-0.39, 0.29) is 23.9 Å². The number of fused-ring (bicyclic) bond motifs is 2. The minimum absolute atomic E-state index is 0.103. The van der Waals surface area contributed by atoms with E-state index < -0.39 is 11.7 Å². The summed E-state index contributed by atoms with van der Waals surface area (Å²) in [6.07, 6.45) is -1.16. The largest absolute Gasteiger partial charge is 0.420 e. The number of aliphatic hydroxyl groups excluding tert-OH is 1. The molecule has 12 heteroatoms. The number of piperazine rings is 1. The molecule has 1 saturated carbocycles. The Morgan fingerprint density at radius 2 is 2.05 bits per heavy atom. The van der Waals surface area contributed by atoms with Crippen LogP contribution in [0.4, 0.5) is 30.5 Å². The van der Waals surface area contributed by atoms with Crippen molar-refractivity contribution in [2.24, 2.45) is 0 Å². The lowest BCUT2D eigenvalue weighted by atomic mass is 10.1. The van der Waals surface area contributed by atoms with Gasteiger partial charge in [-0.1, -0.05) is 6.92 Å². The van der Waals surface area contributed by atoms with Gasteiger partial charge in [-0.25, -0.2) is 9.97 Å². The monoisotopic (exact) mass is 605 g/mol. The molecule has 3 aromatic rings. The van der Waals surface area contributed by atoms with Crippen LogP contribution < -0.4 is 10.2 Å². The van der Waals surface area contributed by atoms with E-state index in [0.717, 1.165) is 77.6 Å². The van der Waals surface area contributed by atoms with E-state index in [1.54, 1.807) is 11.8 Å². The first-order valence-electron chi connectivity index (χ1n) is 14.1. The first-order chi connectivity index (χ1) is 19.7. The van der Waals surface area contributed by atoms with E-state index in [9.17, 15) is 18.3 Å². The molecule has 7 nitrogen and oxygen atoms in total. The highest BCUT2D eigenvalue weighted by Gasteiger charge is 2.50. The van der Waals surface area contributed by atoms with E-state index in [0.29, 0.717) is 24.1 Å². The van der Waals surface area contributed by atoms with Gasteiger partial charge in [0, 0.05) is 60.4 Å². The summed E-state index contributed by atoms with van der Waals surface area (Å²) < 4.78 is 48.4. The zero-order valence-corrected chi connectivity index (χ0v) is 24.8. The molecule has 1 saturated heterocycles. The summed E-state index contributed by atoms with van der Waals surface area (Å²) in [5.74, 6) is 0.913. The van der Waals surface area contributed by atoms with Crippen LogP contribution in [0.2, 0.25) is 0 Å². The van der Waals surface area contributed by atoms with E-state index in [4.69, 9.17) is 4.74 Å². The third-order valence-corrected chi connectivity index (χ3v) is 10.6. The number of thiophene rings is 1. The van der Waals surface area contributed by atoms with Crippen LogP contribution in [0, 0.1) is 0 Å². The van der Waals surface area contributed by atoms with Gasteiger partial charge >= 0.3 is 6.18 Å². The van der Waals surface area contributed by atoms with Gasteiger partial charge in [0.25, 0.3) is 0 Å². The summed E-state index contributed by atoms with van der Waals surface area (Å²) in [4.78, 5) is 15.7. The zero-order valence-electron chi connectivity index (χ0n) is 23.1. The van der Waals surface area contributed by atoms with Crippen molar-refractivity contribution in [3.63, 3.8) is 0 Å². The molecule has 41 heavy (non-hydrogen) atoms. The summed E-state index contributed by atoms with van der Waals surface area (Å²) in [5.41, 5.74) is 1.63. The lowest BCUT2D eigenvalue weighted by Crippen LogP contribution is -2.52. The summed E-state index contributed by atoms with van der Waals surface area (Å²) in [6, 6.07) is 8.28. The maximum atomic E-state index is 14.1. The van der Waals surface area contributed by atoms with Crippen LogP contribution in [0.25, 0.3) is 10.6 Å². The molecule has 1 aliphatic carbocycles. The van der Waals surface area contributed by atoms with Gasteiger partial charge in [-0.15, -0.1) is 23.1 Å². The van der Waals surface area contributed by atoms with Gasteiger partial charge in [0.1, 0.15) is 11.2 Å². The van der Waals surface area contributed by atoms with Gasteiger partial charge in [0.2, 0.25) is 5.95 Å². The molecule has 1 aromatic carbocycles. The fourth-order valence-corrected chi connectivity index (χ4v) is 8.23. The molecule has 1 unspecified atom stereocenters. The van der Waals surface area contributed by atoms with Crippen molar-refractivity contribution in [3.05, 3.63) is 46.5 Å². The topological polar surface area (TPSA) is 73.8 Å². The Bertz CT molecular complexity index is 1410. The van der Waals surface area contributed by atoms with E-state index >= 15 is 0 Å². The normalized spacial score (nSPS) is 20.6. The van der Waals surface area contributed by atoms with E-state index in [2.05, 4.69) is 45.0 Å². The van der Waals surface area contributed by atoms with Crippen molar-refractivity contribution >= 4 is 40.4 Å². The highest BCUT2D eigenvalue weighted by Crippen LogP contribution is 2.57. The second-order valence-corrected chi connectivity index (χ2v) is 13.0. The third-order valence-electron chi connectivity index (χ3n) is 8.10. The number of alkyl halides is 3. The van der Waals surface area contributed by atoms with E-state index in [1.165, 1.54) is 11.3 Å². The predicted molar refractivity (Wildman–Crippen MR) is 157 cm³/mol. The average Bonchev–Trinajstić information content (AvgIpc) is 3.65. The minimum atomic E-state index is -4.58. The molecule has 220 valence electrons. The van der Waals surface area contributed by atoms with Crippen LogP contribution >= 0.6 is 23.1 Å². The maximum absolute atomic E-state index is 14.1. The quantitative estimate of drug-likeness (QED) is 0.333. The SMILES string of the molecule is CCc1cc(N2CCN(CCO)C(C)C2)ccc1Nc1ncc(C(F)(F)F)c(-c2cc3c(s2)C2(CC2)OCCS3)n1. The number of thioether (sulfide) groups is 1. The van der Waals surface area contributed by atoms with E-state index in [1.807, 2.05) is 18.2 Å². The Morgan fingerprint density at radius 3 is 2.76 bits per heavy atom. The van der Waals surface area contributed by atoms with Crippen LogP contribution in [0.15, 0.2) is 35.4 Å². The summed E-state index contributed by atoms with van der Waals surface area (Å²) in [5, 5.41) is 12.5. The number of hydrogen-bond donors (Lipinski definition) is 2. The number of nitrogens with one attached hydrogen (secondary N) is 1. The molecule has 2 fully saturated rings. The van der Waals surface area contributed by atoms with Crippen LogP contribution in [0.3, 0.4) is 0 Å². The highest BCUT2D eigenvalue weighted by atomic mass is 32.2. The molecule has 0 bridgehead atoms. The first kappa shape index (κ1) is 28.7. The Balaban J connectivity index is 1.28. The number of ether oxygens (including phenoxy) is 1. The second-order valence-electron chi connectivity index (χ2n) is 10.8. The Kier molecular flexibility index (Phi) is 7.96. The number of halogens is 3. The Labute approximate surface area is 246 Å². The van der Waals surface area contributed by atoms with Gasteiger partial charge in [-0.2, -0.15) is 13.2 Å². The van der Waals surface area contributed by atoms with Gasteiger partial charge in [-0.05, 0) is 56.0 Å². The van der Waals surface area contributed by atoms with Crippen molar-refractivity contribution in [1.82, 2.24) is 14.9 Å². The van der Waals surface area contributed by atoms with Crippen LogP contribution in [0.5, 0.6) is 0 Å². The molecule has 2 aromatic heterocycles. The number of anilines is 3. The van der Waals surface area contributed by atoms with Gasteiger partial charge < -0.3 is 20.1 Å². The molecule has 0 radical (unpaired) electrons. The van der Waals surface area contributed by atoms with Crippen LogP contribution in [0.1, 0.15) is 42.7 Å². The van der Waals surface area contributed by atoms with Crippen molar-refractivity contribution in [2.75, 3.05) is 55.4 Å². The number of aliphatic hydroxyl groups is 1. The van der Waals surface area contributed by atoms with Crippen molar-refractivity contribution < 1.29 is 23.0 Å². The Morgan fingerprint density at radius 1 is 1.22 bits per heavy atom. The molecular weight excluding hydrogens is 571 g/mol. The molecule has 6 rings (SSSR count). The molecule has 1 atom stereocenters. The first-order valence-corrected chi connectivity index (χ1v) is 15.9. The van der Waals surface area contributed by atoms with Crippen LogP contribution in [-0.4, -0.2) is 71.2 Å². The minimum Gasteiger partial charge on any atom is -0.395 e. The number of aryl methyl sites for hydroxylation is 1. The zero-order chi connectivity index (χ0) is 28.8. The van der Waals surface area contributed by atoms with Gasteiger partial charge in [-0.3, -0.25) is 4.90 Å². The lowest BCUT2D eigenvalue weighted by Gasteiger charge is -2.41. The highest BCUT2D eigenvalue weighted by molar-refractivity contribution is 7.99. The molecule has 2 N–H and O–H groups in total. The third kappa shape index (κ3) is 5.81. The number of aromatic nitrogens is 2. The van der Waals surface area contributed by atoms with Gasteiger partial charge in [0.05, 0.1) is 28.7 Å². The van der Waals surface area contributed by atoms with Crippen molar-refractivity contribution in [3.8, 4) is 10.6 Å². The number of rotatable bonds is 7. The number of nitrogens with zero attached hydrogens (tertiary/aromatic N) is 4. The molecule has 4 heterocycles. The Hall–Kier alpha value is -2.38.